The zero-order valence-corrected chi connectivity index (χ0v) is 11.5. The van der Waals surface area contributed by atoms with Gasteiger partial charge >= 0.3 is 12.0 Å². The SMILES string of the molecule is CC(C)C[C@H](NC(=O)N1CCNC(=O)C1C)C(=O)O. The molecule has 0 aromatic rings. The Hall–Kier alpha value is -1.79. The molecule has 0 radical (unpaired) electrons. The van der Waals surface area contributed by atoms with Crippen LogP contribution in [0.15, 0.2) is 0 Å². The van der Waals surface area contributed by atoms with Crippen molar-refractivity contribution in [1.29, 1.82) is 0 Å². The monoisotopic (exact) mass is 271 g/mol. The van der Waals surface area contributed by atoms with Gasteiger partial charge in [-0.15, -0.1) is 0 Å². The lowest BCUT2D eigenvalue weighted by atomic mass is 10.0. The third kappa shape index (κ3) is 4.11. The second-order valence-corrected chi connectivity index (χ2v) is 5.13. The Balaban J connectivity index is 2.65. The fraction of sp³-hybridized carbons (Fsp3) is 0.750. The minimum Gasteiger partial charge on any atom is -0.480 e. The van der Waals surface area contributed by atoms with Gasteiger partial charge in [0.15, 0.2) is 0 Å². The molecular weight excluding hydrogens is 250 g/mol. The van der Waals surface area contributed by atoms with Gasteiger partial charge in [-0.2, -0.15) is 0 Å². The van der Waals surface area contributed by atoms with Crippen molar-refractivity contribution in [3.63, 3.8) is 0 Å². The van der Waals surface area contributed by atoms with Crippen molar-refractivity contribution >= 4 is 17.9 Å². The van der Waals surface area contributed by atoms with Crippen LogP contribution in [0, 0.1) is 5.92 Å². The summed E-state index contributed by atoms with van der Waals surface area (Å²) in [5.74, 6) is -1.13. The summed E-state index contributed by atoms with van der Waals surface area (Å²) in [6.45, 7) is 6.16. The number of carboxylic acids is 1. The normalized spacial score (nSPS) is 20.9. The highest BCUT2D eigenvalue weighted by Crippen LogP contribution is 2.08. The Morgan fingerprint density at radius 2 is 2.16 bits per heavy atom. The average Bonchev–Trinajstić information content (AvgIpc) is 2.31. The molecule has 108 valence electrons. The molecule has 1 aliphatic rings. The molecule has 1 rings (SSSR count). The van der Waals surface area contributed by atoms with Gasteiger partial charge in [-0.25, -0.2) is 9.59 Å². The molecule has 1 aliphatic heterocycles. The molecular formula is C12H21N3O4. The zero-order valence-electron chi connectivity index (χ0n) is 11.5. The fourth-order valence-corrected chi connectivity index (χ4v) is 1.98. The maximum Gasteiger partial charge on any atom is 0.326 e. The van der Waals surface area contributed by atoms with Gasteiger partial charge in [-0.3, -0.25) is 4.79 Å². The first-order valence-corrected chi connectivity index (χ1v) is 6.40. The van der Waals surface area contributed by atoms with E-state index in [1.165, 1.54) is 4.90 Å². The van der Waals surface area contributed by atoms with Crippen molar-refractivity contribution in [1.82, 2.24) is 15.5 Å². The van der Waals surface area contributed by atoms with E-state index in [9.17, 15) is 14.4 Å². The number of urea groups is 1. The first-order valence-electron chi connectivity index (χ1n) is 6.40. The molecule has 0 aliphatic carbocycles. The summed E-state index contributed by atoms with van der Waals surface area (Å²) in [6, 6.07) is -2.01. The van der Waals surface area contributed by atoms with E-state index in [0.717, 1.165) is 0 Å². The van der Waals surface area contributed by atoms with Gasteiger partial charge in [-0.1, -0.05) is 13.8 Å². The van der Waals surface area contributed by atoms with Crippen LogP contribution < -0.4 is 10.6 Å². The Kier molecular flexibility index (Phi) is 5.14. The first kappa shape index (κ1) is 15.3. The maximum absolute atomic E-state index is 12.0. The number of amides is 3. The molecule has 0 aromatic heterocycles. The third-order valence-electron chi connectivity index (χ3n) is 3.06. The van der Waals surface area contributed by atoms with Crippen molar-refractivity contribution in [2.24, 2.45) is 5.92 Å². The number of carboxylic acid groups (broad SMARTS) is 1. The molecule has 2 atom stereocenters. The predicted molar refractivity (Wildman–Crippen MR) is 68.6 cm³/mol. The number of aliphatic carboxylic acids is 1. The predicted octanol–water partition coefficient (Wildman–Crippen LogP) is 0.0156. The third-order valence-corrected chi connectivity index (χ3v) is 3.06. The molecule has 3 amide bonds. The Morgan fingerprint density at radius 3 is 2.68 bits per heavy atom. The molecule has 0 saturated carbocycles. The number of nitrogens with zero attached hydrogens (tertiary/aromatic N) is 1. The van der Waals surface area contributed by atoms with E-state index in [2.05, 4.69) is 10.6 Å². The zero-order chi connectivity index (χ0) is 14.6. The van der Waals surface area contributed by atoms with Crippen LogP contribution in [0.25, 0.3) is 0 Å². The fourth-order valence-electron chi connectivity index (χ4n) is 1.98. The summed E-state index contributed by atoms with van der Waals surface area (Å²) in [6.07, 6.45) is 0.357. The molecule has 3 N–H and O–H groups in total. The van der Waals surface area contributed by atoms with Crippen LogP contribution in [0.2, 0.25) is 0 Å². The van der Waals surface area contributed by atoms with Crippen molar-refractivity contribution in [3.05, 3.63) is 0 Å². The molecule has 1 heterocycles. The van der Waals surface area contributed by atoms with Gasteiger partial charge in [-0.05, 0) is 19.3 Å². The minimum atomic E-state index is -1.06. The second-order valence-electron chi connectivity index (χ2n) is 5.13. The van der Waals surface area contributed by atoms with Crippen LogP contribution in [0.1, 0.15) is 27.2 Å². The first-order chi connectivity index (χ1) is 8.82. The molecule has 7 nitrogen and oxygen atoms in total. The van der Waals surface area contributed by atoms with E-state index in [-0.39, 0.29) is 11.8 Å². The Bertz CT molecular complexity index is 370. The van der Waals surface area contributed by atoms with Crippen molar-refractivity contribution in [2.45, 2.75) is 39.3 Å². The molecule has 0 spiro atoms. The number of rotatable bonds is 4. The number of hydrogen-bond acceptors (Lipinski definition) is 3. The van der Waals surface area contributed by atoms with E-state index in [4.69, 9.17) is 5.11 Å². The summed E-state index contributed by atoms with van der Waals surface area (Å²) < 4.78 is 0. The van der Waals surface area contributed by atoms with E-state index >= 15 is 0 Å². The summed E-state index contributed by atoms with van der Waals surface area (Å²) in [7, 11) is 0. The van der Waals surface area contributed by atoms with Gasteiger partial charge in [0.25, 0.3) is 0 Å². The average molecular weight is 271 g/mol. The standard InChI is InChI=1S/C12H21N3O4/c1-7(2)6-9(11(17)18)14-12(19)15-5-4-13-10(16)8(15)3/h7-9H,4-6H2,1-3H3,(H,13,16)(H,14,19)(H,17,18)/t8?,9-/m0/s1. The number of piperazine rings is 1. The van der Waals surface area contributed by atoms with E-state index in [0.29, 0.717) is 19.5 Å². The van der Waals surface area contributed by atoms with E-state index < -0.39 is 24.1 Å². The summed E-state index contributed by atoms with van der Waals surface area (Å²) in [5, 5.41) is 14.2. The summed E-state index contributed by atoms with van der Waals surface area (Å²) in [5.41, 5.74) is 0. The van der Waals surface area contributed by atoms with Crippen LogP contribution in [0.4, 0.5) is 4.79 Å². The van der Waals surface area contributed by atoms with Crippen LogP contribution in [0.3, 0.4) is 0 Å². The van der Waals surface area contributed by atoms with Gasteiger partial charge in [0, 0.05) is 13.1 Å². The van der Waals surface area contributed by atoms with Crippen LogP contribution in [-0.2, 0) is 9.59 Å². The lowest BCUT2D eigenvalue weighted by Gasteiger charge is -2.33. The number of carbonyl (C=O) groups is 3. The molecule has 1 saturated heterocycles. The maximum atomic E-state index is 12.0. The van der Waals surface area contributed by atoms with Crippen molar-refractivity contribution in [3.8, 4) is 0 Å². The van der Waals surface area contributed by atoms with Crippen LogP contribution in [-0.4, -0.2) is 53.1 Å². The van der Waals surface area contributed by atoms with E-state index in [1.807, 2.05) is 13.8 Å². The van der Waals surface area contributed by atoms with Crippen LogP contribution in [0.5, 0.6) is 0 Å². The summed E-state index contributed by atoms with van der Waals surface area (Å²) >= 11 is 0. The Morgan fingerprint density at radius 1 is 1.53 bits per heavy atom. The second kappa shape index (κ2) is 6.40. The van der Waals surface area contributed by atoms with Gasteiger partial charge in [0.1, 0.15) is 12.1 Å². The van der Waals surface area contributed by atoms with Gasteiger partial charge < -0.3 is 20.6 Å². The number of nitrogens with one attached hydrogen (secondary N) is 2. The lowest BCUT2D eigenvalue weighted by molar-refractivity contribution is -0.139. The molecule has 0 aromatic carbocycles. The summed E-state index contributed by atoms with van der Waals surface area (Å²) in [4.78, 5) is 35.9. The highest BCUT2D eigenvalue weighted by Gasteiger charge is 2.31. The molecule has 19 heavy (non-hydrogen) atoms. The number of hydrogen-bond donors (Lipinski definition) is 3. The molecule has 7 heteroatoms. The number of carbonyl (C=O) groups excluding carboxylic acids is 2. The van der Waals surface area contributed by atoms with Crippen LogP contribution >= 0.6 is 0 Å². The van der Waals surface area contributed by atoms with Crippen molar-refractivity contribution in [2.75, 3.05) is 13.1 Å². The highest BCUT2D eigenvalue weighted by molar-refractivity contribution is 5.89. The minimum absolute atomic E-state index is 0.156. The van der Waals surface area contributed by atoms with Gasteiger partial charge in [0.2, 0.25) is 5.91 Å². The van der Waals surface area contributed by atoms with Gasteiger partial charge in [0.05, 0.1) is 0 Å². The topological polar surface area (TPSA) is 98.7 Å². The van der Waals surface area contributed by atoms with E-state index in [1.54, 1.807) is 6.92 Å². The molecule has 1 fully saturated rings. The quantitative estimate of drug-likeness (QED) is 0.671. The molecule has 0 bridgehead atoms. The van der Waals surface area contributed by atoms with Crippen molar-refractivity contribution < 1.29 is 19.5 Å². The largest absolute Gasteiger partial charge is 0.480 e. The highest BCUT2D eigenvalue weighted by atomic mass is 16.4. The molecule has 1 unspecified atom stereocenters. The Labute approximate surface area is 112 Å². The smallest absolute Gasteiger partial charge is 0.326 e. The lowest BCUT2D eigenvalue weighted by Crippen LogP contribution is -2.60.